The van der Waals surface area contributed by atoms with Crippen LogP contribution in [0.4, 0.5) is 17.6 Å². The molecule has 174 valence electrons. The molecule has 0 atom stereocenters. The van der Waals surface area contributed by atoms with Gasteiger partial charge in [0, 0.05) is 30.0 Å². The van der Waals surface area contributed by atoms with Crippen molar-refractivity contribution in [2.75, 3.05) is 6.54 Å². The van der Waals surface area contributed by atoms with Gasteiger partial charge in [0.05, 0.1) is 11.1 Å². The molecule has 1 aliphatic carbocycles. The summed E-state index contributed by atoms with van der Waals surface area (Å²) >= 11 is 0. The van der Waals surface area contributed by atoms with Crippen molar-refractivity contribution in [3.05, 3.63) is 53.3 Å². The number of carboxylic acids is 1. The highest BCUT2D eigenvalue weighted by atomic mass is 19.4. The number of carbonyl (C=O) groups excluding carboxylic acids is 1. The predicted octanol–water partition coefficient (Wildman–Crippen LogP) is 4.70. The largest absolute Gasteiger partial charge is 0.480 e. The van der Waals surface area contributed by atoms with Gasteiger partial charge in [-0.05, 0) is 55.7 Å². The highest BCUT2D eigenvalue weighted by molar-refractivity contribution is 5.97. The Balaban J connectivity index is 1.91. The maximum Gasteiger partial charge on any atom is 0.417 e. The highest BCUT2D eigenvalue weighted by Crippen LogP contribution is 2.41. The number of nitrogens with zero attached hydrogens (tertiary/aromatic N) is 3. The highest BCUT2D eigenvalue weighted by Gasteiger charge is 2.36. The molecular formula is C23H21F4N3O3. The third-order valence-corrected chi connectivity index (χ3v) is 5.67. The van der Waals surface area contributed by atoms with E-state index in [2.05, 4.69) is 5.10 Å². The minimum atomic E-state index is -4.72. The Morgan fingerprint density at radius 1 is 1.21 bits per heavy atom. The van der Waals surface area contributed by atoms with Crippen LogP contribution in [0.3, 0.4) is 0 Å². The van der Waals surface area contributed by atoms with Gasteiger partial charge in [0.1, 0.15) is 18.1 Å². The van der Waals surface area contributed by atoms with Gasteiger partial charge in [-0.3, -0.25) is 14.3 Å². The molecule has 0 radical (unpaired) electrons. The Bertz CT molecular complexity index is 1230. The standard InChI is InChI=1S/C23H21F4N3O3/c1-2-29(22(33)13-6-7-13)11-14-10-15(24)8-9-16(14)21-20-17(23(25,26)27)4-3-5-18(20)30(28-21)12-19(31)32/h3-5,8-10,13H,2,6-7,11-12H2,1H3,(H,31,32). The summed E-state index contributed by atoms with van der Waals surface area (Å²) in [5, 5.41) is 13.2. The van der Waals surface area contributed by atoms with E-state index in [-0.39, 0.29) is 40.5 Å². The van der Waals surface area contributed by atoms with E-state index < -0.39 is 30.1 Å². The summed E-state index contributed by atoms with van der Waals surface area (Å²) in [7, 11) is 0. The lowest BCUT2D eigenvalue weighted by Crippen LogP contribution is -2.31. The molecule has 0 bridgehead atoms. The Hall–Kier alpha value is -3.43. The first-order valence-electron chi connectivity index (χ1n) is 10.5. The number of rotatable bonds is 7. The summed E-state index contributed by atoms with van der Waals surface area (Å²) < 4.78 is 56.7. The molecule has 0 unspecified atom stereocenters. The van der Waals surface area contributed by atoms with Gasteiger partial charge in [-0.15, -0.1) is 0 Å². The normalized spacial score (nSPS) is 14.0. The van der Waals surface area contributed by atoms with E-state index in [9.17, 15) is 32.3 Å². The maximum atomic E-state index is 14.2. The Kier molecular flexibility index (Phi) is 5.85. The number of halogens is 4. The third-order valence-electron chi connectivity index (χ3n) is 5.67. The van der Waals surface area contributed by atoms with Crippen molar-refractivity contribution in [1.29, 1.82) is 0 Å². The second-order valence-corrected chi connectivity index (χ2v) is 8.03. The molecular weight excluding hydrogens is 442 g/mol. The first kappa shape index (κ1) is 22.8. The van der Waals surface area contributed by atoms with E-state index >= 15 is 0 Å². The van der Waals surface area contributed by atoms with Crippen molar-refractivity contribution in [3.63, 3.8) is 0 Å². The van der Waals surface area contributed by atoms with Crippen LogP contribution in [0.2, 0.25) is 0 Å². The molecule has 1 saturated carbocycles. The molecule has 1 N–H and O–H groups in total. The smallest absolute Gasteiger partial charge is 0.417 e. The zero-order valence-electron chi connectivity index (χ0n) is 17.7. The Labute approximate surface area is 186 Å². The van der Waals surface area contributed by atoms with Crippen molar-refractivity contribution in [3.8, 4) is 11.3 Å². The molecule has 2 aromatic carbocycles. The summed E-state index contributed by atoms with van der Waals surface area (Å²) in [5.74, 6) is -2.02. The maximum absolute atomic E-state index is 14.2. The number of aromatic nitrogens is 2. The number of hydrogen-bond acceptors (Lipinski definition) is 3. The lowest BCUT2D eigenvalue weighted by Gasteiger charge is -2.22. The number of amides is 1. The summed E-state index contributed by atoms with van der Waals surface area (Å²) in [4.78, 5) is 25.4. The molecule has 0 spiro atoms. The average molecular weight is 463 g/mol. The molecule has 3 aromatic rings. The summed E-state index contributed by atoms with van der Waals surface area (Å²) in [5.41, 5.74) is -0.569. The first-order valence-corrected chi connectivity index (χ1v) is 10.5. The lowest BCUT2D eigenvalue weighted by atomic mass is 9.98. The fourth-order valence-corrected chi connectivity index (χ4v) is 3.97. The van der Waals surface area contributed by atoms with Gasteiger partial charge in [-0.2, -0.15) is 18.3 Å². The van der Waals surface area contributed by atoms with E-state index in [0.29, 0.717) is 12.1 Å². The zero-order chi connectivity index (χ0) is 23.9. The Morgan fingerprint density at radius 3 is 2.55 bits per heavy atom. The number of benzene rings is 2. The van der Waals surface area contributed by atoms with Gasteiger partial charge >= 0.3 is 12.1 Å². The SMILES string of the molecule is CCN(Cc1cc(F)ccc1-c1nn(CC(=O)O)c2cccc(C(F)(F)F)c12)C(=O)C1CC1. The zero-order valence-corrected chi connectivity index (χ0v) is 17.7. The van der Waals surface area contributed by atoms with Crippen molar-refractivity contribution in [1.82, 2.24) is 14.7 Å². The predicted molar refractivity (Wildman–Crippen MR) is 112 cm³/mol. The lowest BCUT2D eigenvalue weighted by molar-refractivity contribution is -0.138. The number of aliphatic carboxylic acids is 1. The van der Waals surface area contributed by atoms with Gasteiger partial charge in [-0.1, -0.05) is 6.07 Å². The minimum absolute atomic E-state index is 0.000392. The van der Waals surface area contributed by atoms with Crippen LogP contribution in [-0.2, 0) is 28.9 Å². The quantitative estimate of drug-likeness (QED) is 0.516. The van der Waals surface area contributed by atoms with Gasteiger partial charge < -0.3 is 10.0 Å². The first-order chi connectivity index (χ1) is 15.6. The van der Waals surface area contributed by atoms with Crippen molar-refractivity contribution >= 4 is 22.8 Å². The van der Waals surface area contributed by atoms with E-state index in [1.165, 1.54) is 29.2 Å². The summed E-state index contributed by atoms with van der Waals surface area (Å²) in [6.45, 7) is 1.49. The number of alkyl halides is 3. The second-order valence-electron chi connectivity index (χ2n) is 8.03. The van der Waals surface area contributed by atoms with Gasteiger partial charge in [0.25, 0.3) is 0 Å². The van der Waals surface area contributed by atoms with Gasteiger partial charge in [-0.25, -0.2) is 4.39 Å². The van der Waals surface area contributed by atoms with E-state index in [0.717, 1.165) is 29.7 Å². The van der Waals surface area contributed by atoms with Crippen LogP contribution in [0.5, 0.6) is 0 Å². The van der Waals surface area contributed by atoms with Crippen LogP contribution in [0.1, 0.15) is 30.9 Å². The summed E-state index contributed by atoms with van der Waals surface area (Å²) in [6, 6.07) is 7.05. The molecule has 33 heavy (non-hydrogen) atoms. The fourth-order valence-electron chi connectivity index (χ4n) is 3.97. The van der Waals surface area contributed by atoms with Crippen LogP contribution in [0.25, 0.3) is 22.2 Å². The molecule has 0 aliphatic heterocycles. The van der Waals surface area contributed by atoms with E-state index in [4.69, 9.17) is 0 Å². The van der Waals surface area contributed by atoms with Gasteiger partial charge in [0.15, 0.2) is 0 Å². The van der Waals surface area contributed by atoms with E-state index in [1.54, 1.807) is 6.92 Å². The number of hydrogen-bond donors (Lipinski definition) is 1. The molecule has 1 fully saturated rings. The van der Waals surface area contributed by atoms with Crippen molar-refractivity contribution in [2.45, 2.75) is 39.0 Å². The number of carboxylic acid groups (broad SMARTS) is 1. The molecule has 1 amide bonds. The van der Waals surface area contributed by atoms with Crippen LogP contribution in [-0.4, -0.2) is 38.2 Å². The monoisotopic (exact) mass is 463 g/mol. The fraction of sp³-hybridized carbons (Fsp3) is 0.348. The Morgan fingerprint density at radius 2 is 1.94 bits per heavy atom. The van der Waals surface area contributed by atoms with Crippen LogP contribution >= 0.6 is 0 Å². The molecule has 0 saturated heterocycles. The van der Waals surface area contributed by atoms with Crippen molar-refractivity contribution in [2.24, 2.45) is 5.92 Å². The van der Waals surface area contributed by atoms with Crippen LogP contribution in [0.15, 0.2) is 36.4 Å². The summed E-state index contributed by atoms with van der Waals surface area (Å²) in [6.07, 6.45) is -3.15. The van der Waals surface area contributed by atoms with Crippen LogP contribution in [0, 0.1) is 11.7 Å². The molecule has 10 heteroatoms. The van der Waals surface area contributed by atoms with Crippen LogP contribution < -0.4 is 0 Å². The minimum Gasteiger partial charge on any atom is -0.480 e. The van der Waals surface area contributed by atoms with Crippen molar-refractivity contribution < 1.29 is 32.3 Å². The second kappa shape index (κ2) is 8.49. The molecule has 1 aromatic heterocycles. The molecule has 1 heterocycles. The topological polar surface area (TPSA) is 75.4 Å². The number of carbonyl (C=O) groups is 2. The molecule has 1 aliphatic rings. The molecule has 6 nitrogen and oxygen atoms in total. The average Bonchev–Trinajstić information content (AvgIpc) is 3.54. The number of fused-ring (bicyclic) bond motifs is 1. The van der Waals surface area contributed by atoms with Gasteiger partial charge in [0.2, 0.25) is 5.91 Å². The molecule has 4 rings (SSSR count). The third kappa shape index (κ3) is 4.55. The van der Waals surface area contributed by atoms with E-state index in [1.807, 2.05) is 0 Å².